The van der Waals surface area contributed by atoms with E-state index in [9.17, 15) is 0 Å². The van der Waals surface area contributed by atoms with Gasteiger partial charge in [0.15, 0.2) is 0 Å². The molecule has 0 heterocycles. The van der Waals surface area contributed by atoms with Crippen LogP contribution in [-0.4, -0.2) is 18.3 Å². The lowest BCUT2D eigenvalue weighted by atomic mass is 10.1. The molecular weight excluding hydrogens is 176 g/mol. The van der Waals surface area contributed by atoms with Crippen molar-refractivity contribution in [2.75, 3.05) is 13.2 Å². The van der Waals surface area contributed by atoms with Gasteiger partial charge < -0.3 is 9.84 Å². The van der Waals surface area contributed by atoms with Crippen molar-refractivity contribution in [2.45, 2.75) is 26.2 Å². The average molecular weight is 194 g/mol. The number of aliphatic hydroxyl groups is 1. The molecular formula is C12H18O2. The van der Waals surface area contributed by atoms with Crippen LogP contribution in [0.5, 0.6) is 5.75 Å². The van der Waals surface area contributed by atoms with Crippen LogP contribution in [0, 0.1) is 0 Å². The van der Waals surface area contributed by atoms with Crippen LogP contribution < -0.4 is 4.74 Å². The summed E-state index contributed by atoms with van der Waals surface area (Å²) in [6, 6.07) is 7.91. The summed E-state index contributed by atoms with van der Waals surface area (Å²) in [5.74, 6) is 0.907. The average Bonchev–Trinajstić information content (AvgIpc) is 2.19. The number of ether oxygens (including phenoxy) is 1. The summed E-state index contributed by atoms with van der Waals surface area (Å²) in [4.78, 5) is 0. The molecule has 0 saturated carbocycles. The molecule has 1 N–H and O–H groups in total. The van der Waals surface area contributed by atoms with E-state index in [0.29, 0.717) is 6.42 Å². The van der Waals surface area contributed by atoms with Gasteiger partial charge >= 0.3 is 0 Å². The molecule has 1 rings (SSSR count). The molecule has 0 atom stereocenters. The molecule has 2 nitrogen and oxygen atoms in total. The molecule has 0 aliphatic carbocycles. The second kappa shape index (κ2) is 6.44. The Morgan fingerprint density at radius 2 is 2.21 bits per heavy atom. The maximum atomic E-state index is 8.78. The first-order valence-electron chi connectivity index (χ1n) is 5.19. The number of hydrogen-bond donors (Lipinski definition) is 1. The highest BCUT2D eigenvalue weighted by Gasteiger charge is 1.95. The third kappa shape index (κ3) is 3.79. The molecule has 0 spiro atoms. The van der Waals surface area contributed by atoms with Gasteiger partial charge in [-0.05, 0) is 30.5 Å². The Morgan fingerprint density at radius 1 is 1.36 bits per heavy atom. The molecule has 14 heavy (non-hydrogen) atoms. The standard InChI is InChI=1S/C12H18O2/c1-2-3-9-14-12-6-4-5-11(10-12)7-8-13/h4-6,10,13H,2-3,7-9H2,1H3. The molecule has 0 bridgehead atoms. The summed E-state index contributed by atoms with van der Waals surface area (Å²) in [7, 11) is 0. The Bertz CT molecular complexity index is 258. The third-order valence-corrected chi connectivity index (χ3v) is 2.07. The van der Waals surface area contributed by atoms with Gasteiger partial charge in [0.05, 0.1) is 6.61 Å². The molecule has 0 aliphatic heterocycles. The lowest BCUT2D eigenvalue weighted by Gasteiger charge is -2.06. The fourth-order valence-electron chi connectivity index (χ4n) is 1.25. The topological polar surface area (TPSA) is 29.5 Å². The molecule has 0 saturated heterocycles. The minimum absolute atomic E-state index is 0.193. The normalized spacial score (nSPS) is 10.1. The second-order valence-electron chi connectivity index (χ2n) is 3.32. The van der Waals surface area contributed by atoms with Crippen molar-refractivity contribution in [1.82, 2.24) is 0 Å². The zero-order valence-corrected chi connectivity index (χ0v) is 8.70. The largest absolute Gasteiger partial charge is 0.494 e. The van der Waals surface area contributed by atoms with E-state index in [1.54, 1.807) is 0 Å². The minimum Gasteiger partial charge on any atom is -0.494 e. The first kappa shape index (κ1) is 11.1. The highest BCUT2D eigenvalue weighted by atomic mass is 16.5. The number of rotatable bonds is 6. The summed E-state index contributed by atoms with van der Waals surface area (Å²) in [6.07, 6.45) is 2.94. The maximum Gasteiger partial charge on any atom is 0.119 e. The highest BCUT2D eigenvalue weighted by Crippen LogP contribution is 2.13. The van der Waals surface area contributed by atoms with Crippen LogP contribution in [-0.2, 0) is 6.42 Å². The monoisotopic (exact) mass is 194 g/mol. The zero-order chi connectivity index (χ0) is 10.2. The van der Waals surface area contributed by atoms with Crippen LogP contribution in [0.2, 0.25) is 0 Å². The van der Waals surface area contributed by atoms with Gasteiger partial charge in [-0.1, -0.05) is 25.5 Å². The van der Waals surface area contributed by atoms with Crippen LogP contribution in [0.4, 0.5) is 0 Å². The Morgan fingerprint density at radius 3 is 2.93 bits per heavy atom. The van der Waals surface area contributed by atoms with E-state index in [1.165, 1.54) is 0 Å². The van der Waals surface area contributed by atoms with Gasteiger partial charge in [-0.15, -0.1) is 0 Å². The Kier molecular flexibility index (Phi) is 5.08. The molecule has 0 aliphatic rings. The van der Waals surface area contributed by atoms with Crippen molar-refractivity contribution >= 4 is 0 Å². The second-order valence-corrected chi connectivity index (χ2v) is 3.32. The van der Waals surface area contributed by atoms with E-state index in [-0.39, 0.29) is 6.61 Å². The quantitative estimate of drug-likeness (QED) is 0.705. The third-order valence-electron chi connectivity index (χ3n) is 2.07. The number of unbranched alkanes of at least 4 members (excludes halogenated alkanes) is 1. The van der Waals surface area contributed by atoms with Gasteiger partial charge in [0.25, 0.3) is 0 Å². The van der Waals surface area contributed by atoms with Crippen LogP contribution in [0.25, 0.3) is 0 Å². The first-order valence-corrected chi connectivity index (χ1v) is 5.19. The molecule has 1 aromatic rings. The fraction of sp³-hybridized carbons (Fsp3) is 0.500. The van der Waals surface area contributed by atoms with Gasteiger partial charge in [-0.25, -0.2) is 0 Å². The van der Waals surface area contributed by atoms with Crippen LogP contribution >= 0.6 is 0 Å². The lowest BCUT2D eigenvalue weighted by Crippen LogP contribution is -1.97. The van der Waals surface area contributed by atoms with E-state index in [1.807, 2.05) is 24.3 Å². The summed E-state index contributed by atoms with van der Waals surface area (Å²) in [5, 5.41) is 8.78. The van der Waals surface area contributed by atoms with E-state index in [4.69, 9.17) is 9.84 Å². The van der Waals surface area contributed by atoms with E-state index in [0.717, 1.165) is 30.8 Å². The highest BCUT2D eigenvalue weighted by molar-refractivity contribution is 5.28. The molecule has 0 fully saturated rings. The maximum absolute atomic E-state index is 8.78. The Labute approximate surface area is 85.5 Å². The Hall–Kier alpha value is -1.02. The zero-order valence-electron chi connectivity index (χ0n) is 8.70. The molecule has 0 aromatic heterocycles. The SMILES string of the molecule is CCCCOc1cccc(CCO)c1. The van der Waals surface area contributed by atoms with Gasteiger partial charge in [-0.2, -0.15) is 0 Å². The van der Waals surface area contributed by atoms with Gasteiger partial charge in [0.1, 0.15) is 5.75 Å². The minimum atomic E-state index is 0.193. The van der Waals surface area contributed by atoms with Crippen LogP contribution in [0.1, 0.15) is 25.3 Å². The van der Waals surface area contributed by atoms with Crippen molar-refractivity contribution in [3.8, 4) is 5.75 Å². The predicted octanol–water partition coefficient (Wildman–Crippen LogP) is 2.40. The number of benzene rings is 1. The Balaban J connectivity index is 2.46. The summed E-state index contributed by atoms with van der Waals surface area (Å²) >= 11 is 0. The molecule has 78 valence electrons. The lowest BCUT2D eigenvalue weighted by molar-refractivity contribution is 0.297. The van der Waals surface area contributed by atoms with Crippen molar-refractivity contribution in [3.63, 3.8) is 0 Å². The van der Waals surface area contributed by atoms with Crippen molar-refractivity contribution in [1.29, 1.82) is 0 Å². The van der Waals surface area contributed by atoms with Crippen LogP contribution in [0.3, 0.4) is 0 Å². The summed E-state index contributed by atoms with van der Waals surface area (Å²) in [5.41, 5.74) is 1.13. The van der Waals surface area contributed by atoms with Crippen molar-refractivity contribution < 1.29 is 9.84 Å². The fourth-order valence-corrected chi connectivity index (χ4v) is 1.25. The molecule has 0 radical (unpaired) electrons. The molecule has 2 heteroatoms. The van der Waals surface area contributed by atoms with E-state index < -0.39 is 0 Å². The van der Waals surface area contributed by atoms with Crippen LogP contribution in [0.15, 0.2) is 24.3 Å². The van der Waals surface area contributed by atoms with E-state index >= 15 is 0 Å². The molecule has 0 amide bonds. The molecule has 0 unspecified atom stereocenters. The summed E-state index contributed by atoms with van der Waals surface area (Å²) in [6.45, 7) is 3.11. The van der Waals surface area contributed by atoms with Gasteiger partial charge in [-0.3, -0.25) is 0 Å². The first-order chi connectivity index (χ1) is 6.86. The summed E-state index contributed by atoms with van der Waals surface area (Å²) < 4.78 is 5.55. The van der Waals surface area contributed by atoms with Gasteiger partial charge in [0.2, 0.25) is 0 Å². The molecule has 1 aromatic carbocycles. The number of aliphatic hydroxyl groups excluding tert-OH is 1. The van der Waals surface area contributed by atoms with Gasteiger partial charge in [0, 0.05) is 6.61 Å². The predicted molar refractivity (Wildman–Crippen MR) is 57.6 cm³/mol. The van der Waals surface area contributed by atoms with Crippen molar-refractivity contribution in [3.05, 3.63) is 29.8 Å². The smallest absolute Gasteiger partial charge is 0.119 e. The van der Waals surface area contributed by atoms with E-state index in [2.05, 4.69) is 6.92 Å². The van der Waals surface area contributed by atoms with Crippen molar-refractivity contribution in [2.24, 2.45) is 0 Å². The number of hydrogen-bond acceptors (Lipinski definition) is 2.